The lowest BCUT2D eigenvalue weighted by Gasteiger charge is -2.34. The third-order valence-electron chi connectivity index (χ3n) is 4.20. The van der Waals surface area contributed by atoms with Gasteiger partial charge in [0, 0.05) is 25.6 Å². The molecular formula is C17H20N4O3. The molecule has 2 heterocycles. The molecule has 1 aliphatic rings. The van der Waals surface area contributed by atoms with Gasteiger partial charge in [0.1, 0.15) is 5.76 Å². The maximum absolute atomic E-state index is 12.1. The molecule has 126 valence electrons. The third kappa shape index (κ3) is 3.62. The second-order valence-corrected chi connectivity index (χ2v) is 5.98. The molecule has 1 aromatic heterocycles. The summed E-state index contributed by atoms with van der Waals surface area (Å²) in [6.45, 7) is 2.82. The van der Waals surface area contributed by atoms with Crippen LogP contribution in [0.5, 0.6) is 0 Å². The van der Waals surface area contributed by atoms with Gasteiger partial charge in [0.15, 0.2) is 5.82 Å². The second-order valence-electron chi connectivity index (χ2n) is 5.98. The Bertz CT molecular complexity index is 756. The number of hydrogen-bond acceptors (Lipinski definition) is 5. The molecule has 0 saturated heterocycles. The van der Waals surface area contributed by atoms with Crippen LogP contribution in [-0.4, -0.2) is 34.5 Å². The quantitative estimate of drug-likeness (QED) is 0.859. The number of benzene rings is 1. The highest BCUT2D eigenvalue weighted by Crippen LogP contribution is 2.23. The van der Waals surface area contributed by atoms with Crippen LogP contribution < -0.4 is 11.1 Å². The SMILES string of the molecule is Cc1cc(NC(=O)CCN2Cc3ccccc3C[C@@H]2C(N)=O)no1. The molecule has 3 rings (SSSR count). The number of nitrogens with zero attached hydrogens (tertiary/aromatic N) is 2. The number of nitrogens with two attached hydrogens (primary N) is 1. The summed E-state index contributed by atoms with van der Waals surface area (Å²) in [4.78, 5) is 25.8. The molecule has 3 N–H and O–H groups in total. The molecule has 1 aromatic carbocycles. The Kier molecular flexibility index (Phi) is 4.61. The minimum absolute atomic E-state index is 0.176. The molecule has 1 aliphatic heterocycles. The van der Waals surface area contributed by atoms with E-state index in [4.69, 9.17) is 10.3 Å². The number of carbonyl (C=O) groups excluding carboxylic acids is 2. The van der Waals surface area contributed by atoms with Crippen molar-refractivity contribution in [3.05, 3.63) is 47.2 Å². The molecule has 0 radical (unpaired) electrons. The molecule has 2 amide bonds. The summed E-state index contributed by atoms with van der Waals surface area (Å²) in [7, 11) is 0. The molecule has 0 spiro atoms. The predicted molar refractivity (Wildman–Crippen MR) is 88.0 cm³/mol. The van der Waals surface area contributed by atoms with Gasteiger partial charge in [-0.05, 0) is 24.5 Å². The normalized spacial score (nSPS) is 17.3. The van der Waals surface area contributed by atoms with Gasteiger partial charge in [0.05, 0.1) is 6.04 Å². The van der Waals surface area contributed by atoms with E-state index in [1.807, 2.05) is 29.2 Å². The monoisotopic (exact) mass is 328 g/mol. The van der Waals surface area contributed by atoms with E-state index >= 15 is 0 Å². The molecule has 0 unspecified atom stereocenters. The number of primary amides is 1. The van der Waals surface area contributed by atoms with E-state index in [1.54, 1.807) is 13.0 Å². The zero-order valence-electron chi connectivity index (χ0n) is 13.5. The van der Waals surface area contributed by atoms with Crippen molar-refractivity contribution in [1.29, 1.82) is 0 Å². The topological polar surface area (TPSA) is 101 Å². The summed E-state index contributed by atoms with van der Waals surface area (Å²) >= 11 is 0. The molecule has 1 atom stereocenters. The molecule has 0 fully saturated rings. The largest absolute Gasteiger partial charge is 0.368 e. The first-order valence-electron chi connectivity index (χ1n) is 7.86. The molecule has 0 saturated carbocycles. The molecular weight excluding hydrogens is 308 g/mol. The van der Waals surface area contributed by atoms with Gasteiger partial charge in [-0.1, -0.05) is 29.4 Å². The fraction of sp³-hybridized carbons (Fsp3) is 0.353. The minimum Gasteiger partial charge on any atom is -0.368 e. The zero-order chi connectivity index (χ0) is 17.1. The maximum atomic E-state index is 12.1. The highest BCUT2D eigenvalue weighted by Gasteiger charge is 2.29. The van der Waals surface area contributed by atoms with Crippen LogP contribution in [0.2, 0.25) is 0 Å². The summed E-state index contributed by atoms with van der Waals surface area (Å²) in [5, 5.41) is 6.41. The average molecular weight is 328 g/mol. The Labute approximate surface area is 139 Å². The number of aromatic nitrogens is 1. The highest BCUT2D eigenvalue weighted by atomic mass is 16.5. The van der Waals surface area contributed by atoms with Crippen molar-refractivity contribution < 1.29 is 14.1 Å². The Morgan fingerprint density at radius 3 is 2.79 bits per heavy atom. The van der Waals surface area contributed by atoms with E-state index in [1.165, 1.54) is 5.56 Å². The summed E-state index contributed by atoms with van der Waals surface area (Å²) in [5.41, 5.74) is 7.85. The number of amides is 2. The molecule has 24 heavy (non-hydrogen) atoms. The highest BCUT2D eigenvalue weighted by molar-refractivity contribution is 5.89. The van der Waals surface area contributed by atoms with Gasteiger partial charge in [-0.3, -0.25) is 14.5 Å². The maximum Gasteiger partial charge on any atom is 0.235 e. The lowest BCUT2D eigenvalue weighted by atomic mass is 9.93. The van der Waals surface area contributed by atoms with Crippen molar-refractivity contribution in [3.63, 3.8) is 0 Å². The number of nitrogens with one attached hydrogen (secondary N) is 1. The van der Waals surface area contributed by atoms with Crippen molar-refractivity contribution in [2.45, 2.75) is 32.4 Å². The first-order chi connectivity index (χ1) is 11.5. The number of anilines is 1. The first-order valence-corrected chi connectivity index (χ1v) is 7.86. The molecule has 2 aromatic rings. The first kappa shape index (κ1) is 16.2. The fourth-order valence-electron chi connectivity index (χ4n) is 2.97. The number of hydrogen-bond donors (Lipinski definition) is 2. The Hall–Kier alpha value is -2.67. The van der Waals surface area contributed by atoms with E-state index in [0.29, 0.717) is 31.1 Å². The summed E-state index contributed by atoms with van der Waals surface area (Å²) < 4.78 is 4.91. The molecule has 0 aliphatic carbocycles. The van der Waals surface area contributed by atoms with Crippen LogP contribution in [0.1, 0.15) is 23.3 Å². The van der Waals surface area contributed by atoms with E-state index < -0.39 is 0 Å². The van der Waals surface area contributed by atoms with E-state index in [2.05, 4.69) is 10.5 Å². The van der Waals surface area contributed by atoms with Crippen molar-refractivity contribution in [3.8, 4) is 0 Å². The lowest BCUT2D eigenvalue weighted by molar-refractivity contribution is -0.125. The van der Waals surface area contributed by atoms with Gasteiger partial charge in [0.2, 0.25) is 11.8 Å². The van der Waals surface area contributed by atoms with Gasteiger partial charge in [0.25, 0.3) is 0 Å². The van der Waals surface area contributed by atoms with Crippen molar-refractivity contribution in [1.82, 2.24) is 10.1 Å². The lowest BCUT2D eigenvalue weighted by Crippen LogP contribution is -2.49. The van der Waals surface area contributed by atoms with Gasteiger partial charge in [-0.15, -0.1) is 0 Å². The smallest absolute Gasteiger partial charge is 0.235 e. The van der Waals surface area contributed by atoms with Gasteiger partial charge in [-0.2, -0.15) is 0 Å². The van der Waals surface area contributed by atoms with E-state index in [-0.39, 0.29) is 24.3 Å². The van der Waals surface area contributed by atoms with Gasteiger partial charge in [-0.25, -0.2) is 0 Å². The minimum atomic E-state index is -0.387. The Morgan fingerprint density at radius 2 is 2.12 bits per heavy atom. The van der Waals surface area contributed by atoms with E-state index in [0.717, 1.165) is 5.56 Å². The Morgan fingerprint density at radius 1 is 1.38 bits per heavy atom. The Balaban J connectivity index is 1.62. The number of carbonyl (C=O) groups is 2. The number of fused-ring (bicyclic) bond motifs is 1. The van der Waals surface area contributed by atoms with Crippen LogP contribution in [0.4, 0.5) is 5.82 Å². The molecule has 7 heteroatoms. The van der Waals surface area contributed by atoms with Crippen molar-refractivity contribution >= 4 is 17.6 Å². The zero-order valence-corrected chi connectivity index (χ0v) is 13.5. The summed E-state index contributed by atoms with van der Waals surface area (Å²) in [6, 6.07) is 9.25. The average Bonchev–Trinajstić information content (AvgIpc) is 2.96. The standard InChI is InChI=1S/C17H20N4O3/c1-11-8-15(20-24-11)19-16(22)6-7-21-10-13-5-3-2-4-12(13)9-14(21)17(18)23/h2-5,8,14H,6-7,9-10H2,1H3,(H2,18,23)(H,19,20,22)/t14-/m1/s1. The van der Waals surface area contributed by atoms with Gasteiger partial charge < -0.3 is 15.6 Å². The summed E-state index contributed by atoms with van der Waals surface area (Å²) in [6.07, 6.45) is 0.827. The van der Waals surface area contributed by atoms with Crippen LogP contribution in [0.15, 0.2) is 34.9 Å². The van der Waals surface area contributed by atoms with Crippen LogP contribution in [0, 0.1) is 6.92 Å². The van der Waals surface area contributed by atoms with Crippen LogP contribution in [0.25, 0.3) is 0 Å². The van der Waals surface area contributed by atoms with Crippen molar-refractivity contribution in [2.24, 2.45) is 5.73 Å². The third-order valence-corrected chi connectivity index (χ3v) is 4.20. The van der Waals surface area contributed by atoms with Crippen LogP contribution in [-0.2, 0) is 22.6 Å². The second kappa shape index (κ2) is 6.84. The predicted octanol–water partition coefficient (Wildman–Crippen LogP) is 1.22. The number of rotatable bonds is 5. The van der Waals surface area contributed by atoms with Crippen LogP contribution in [0.3, 0.4) is 0 Å². The van der Waals surface area contributed by atoms with E-state index in [9.17, 15) is 9.59 Å². The van der Waals surface area contributed by atoms with Gasteiger partial charge >= 0.3 is 0 Å². The summed E-state index contributed by atoms with van der Waals surface area (Å²) in [5.74, 6) is 0.488. The van der Waals surface area contributed by atoms with Crippen molar-refractivity contribution in [2.75, 3.05) is 11.9 Å². The van der Waals surface area contributed by atoms with Crippen LogP contribution >= 0.6 is 0 Å². The number of aryl methyl sites for hydroxylation is 1. The molecule has 7 nitrogen and oxygen atoms in total. The molecule has 0 bridgehead atoms. The fourth-order valence-corrected chi connectivity index (χ4v) is 2.97.